The van der Waals surface area contributed by atoms with Crippen molar-refractivity contribution >= 4 is 0 Å². The maximum Gasteiger partial charge on any atom is 0.160 e. The minimum Gasteiger partial charge on any atom is -0.228 e. The lowest BCUT2D eigenvalue weighted by Gasteiger charge is -2.33. The molecular weight excluding hydrogens is 737 g/mol. The smallest absolute Gasteiger partial charge is 0.160 e. The molecule has 0 fully saturated rings. The molecule has 0 atom stereocenters. The second-order valence-corrected chi connectivity index (χ2v) is 15.7. The monoisotopic (exact) mass is 776 g/mol. The van der Waals surface area contributed by atoms with Crippen molar-refractivity contribution < 1.29 is 0 Å². The van der Waals surface area contributed by atoms with Crippen LogP contribution >= 0.6 is 0 Å². The maximum atomic E-state index is 5.17. The SMILES string of the molecule is c1ccc(-c2cccc(-c3cc(-c4ccccc4)nc(-c4ccc(-c5cccc(-c6ccc7c(c6)-c6ccccc6C7(c6ccccc6)c6ccccc6)c5)cc4)n3)c2)cc1. The number of nitrogens with zero attached hydrogens (tertiary/aromatic N) is 2. The maximum absolute atomic E-state index is 5.17. The third kappa shape index (κ3) is 6.46. The quantitative estimate of drug-likeness (QED) is 0.154. The molecule has 0 saturated heterocycles. The summed E-state index contributed by atoms with van der Waals surface area (Å²) in [5, 5.41) is 0. The van der Waals surface area contributed by atoms with Crippen molar-refractivity contribution in [3.05, 3.63) is 265 Å². The van der Waals surface area contributed by atoms with E-state index in [1.54, 1.807) is 0 Å². The Morgan fingerprint density at radius 2 is 0.656 bits per heavy atom. The normalized spacial score (nSPS) is 12.4. The number of hydrogen-bond donors (Lipinski definition) is 0. The van der Waals surface area contributed by atoms with Crippen molar-refractivity contribution in [3.8, 4) is 78.4 Å². The summed E-state index contributed by atoms with van der Waals surface area (Å²) in [6, 6.07) is 87.1. The summed E-state index contributed by atoms with van der Waals surface area (Å²) in [6.07, 6.45) is 0. The first kappa shape index (κ1) is 36.2. The summed E-state index contributed by atoms with van der Waals surface area (Å²) < 4.78 is 0. The Hall–Kier alpha value is -7.94. The molecule has 10 aromatic rings. The zero-order valence-corrected chi connectivity index (χ0v) is 33.5. The number of aromatic nitrogens is 2. The van der Waals surface area contributed by atoms with E-state index < -0.39 is 5.41 Å². The first-order chi connectivity index (χ1) is 30.2. The fourth-order valence-electron chi connectivity index (χ4n) is 9.29. The van der Waals surface area contributed by atoms with Gasteiger partial charge >= 0.3 is 0 Å². The molecule has 61 heavy (non-hydrogen) atoms. The number of hydrogen-bond acceptors (Lipinski definition) is 2. The van der Waals surface area contributed by atoms with Gasteiger partial charge in [0.2, 0.25) is 0 Å². The van der Waals surface area contributed by atoms with Gasteiger partial charge in [-0.05, 0) is 91.0 Å². The molecule has 11 rings (SSSR count). The molecule has 2 nitrogen and oxygen atoms in total. The van der Waals surface area contributed by atoms with Gasteiger partial charge in [0.05, 0.1) is 16.8 Å². The van der Waals surface area contributed by atoms with Gasteiger partial charge in [0.15, 0.2) is 5.82 Å². The minimum atomic E-state index is -0.409. The van der Waals surface area contributed by atoms with Crippen molar-refractivity contribution in [1.29, 1.82) is 0 Å². The lowest BCUT2D eigenvalue weighted by Crippen LogP contribution is -2.28. The fourth-order valence-corrected chi connectivity index (χ4v) is 9.29. The van der Waals surface area contributed by atoms with E-state index in [9.17, 15) is 0 Å². The molecule has 1 aromatic heterocycles. The van der Waals surface area contributed by atoms with E-state index >= 15 is 0 Å². The van der Waals surface area contributed by atoms with Crippen molar-refractivity contribution in [2.45, 2.75) is 5.41 Å². The van der Waals surface area contributed by atoms with Gasteiger partial charge in [0, 0.05) is 16.7 Å². The first-order valence-electron chi connectivity index (χ1n) is 20.9. The van der Waals surface area contributed by atoms with E-state index in [2.05, 4.69) is 231 Å². The molecule has 0 N–H and O–H groups in total. The van der Waals surface area contributed by atoms with Gasteiger partial charge in [-0.25, -0.2) is 9.97 Å². The van der Waals surface area contributed by atoms with Crippen LogP contribution in [0.25, 0.3) is 78.4 Å². The first-order valence-corrected chi connectivity index (χ1v) is 20.9. The van der Waals surface area contributed by atoms with Crippen LogP contribution in [0.3, 0.4) is 0 Å². The van der Waals surface area contributed by atoms with Crippen molar-refractivity contribution in [2.24, 2.45) is 0 Å². The zero-order chi connectivity index (χ0) is 40.6. The highest BCUT2D eigenvalue weighted by atomic mass is 14.9. The average molecular weight is 777 g/mol. The van der Waals surface area contributed by atoms with Crippen LogP contribution in [0, 0.1) is 0 Å². The van der Waals surface area contributed by atoms with Crippen LogP contribution in [0.2, 0.25) is 0 Å². The molecule has 0 saturated carbocycles. The van der Waals surface area contributed by atoms with Crippen LogP contribution < -0.4 is 0 Å². The fraction of sp³-hybridized carbons (Fsp3) is 0.0169. The van der Waals surface area contributed by atoms with E-state index in [1.165, 1.54) is 50.1 Å². The summed E-state index contributed by atoms with van der Waals surface area (Å²) in [7, 11) is 0. The molecule has 9 aromatic carbocycles. The summed E-state index contributed by atoms with van der Waals surface area (Å²) in [6.45, 7) is 0. The molecule has 1 aliphatic carbocycles. The van der Waals surface area contributed by atoms with E-state index in [0.29, 0.717) is 5.82 Å². The summed E-state index contributed by atoms with van der Waals surface area (Å²) in [4.78, 5) is 10.3. The highest BCUT2D eigenvalue weighted by molar-refractivity contribution is 5.89. The second-order valence-electron chi connectivity index (χ2n) is 15.7. The molecule has 0 radical (unpaired) electrons. The van der Waals surface area contributed by atoms with Gasteiger partial charge in [-0.15, -0.1) is 0 Å². The van der Waals surface area contributed by atoms with E-state index in [1.807, 2.05) is 12.1 Å². The summed E-state index contributed by atoms with van der Waals surface area (Å²) >= 11 is 0. The van der Waals surface area contributed by atoms with Gasteiger partial charge < -0.3 is 0 Å². The zero-order valence-electron chi connectivity index (χ0n) is 33.5. The molecule has 0 spiro atoms. The van der Waals surface area contributed by atoms with E-state index in [0.717, 1.165) is 44.8 Å². The van der Waals surface area contributed by atoms with Crippen LogP contribution in [-0.4, -0.2) is 9.97 Å². The lowest BCUT2D eigenvalue weighted by atomic mass is 9.67. The molecule has 2 heteroatoms. The van der Waals surface area contributed by atoms with Gasteiger partial charge in [0.1, 0.15) is 0 Å². The predicted octanol–water partition coefficient (Wildman–Crippen LogP) is 14.8. The Kier molecular flexibility index (Phi) is 9.09. The minimum absolute atomic E-state index is 0.409. The topological polar surface area (TPSA) is 25.8 Å². The Labute approximate surface area is 357 Å². The summed E-state index contributed by atoms with van der Waals surface area (Å²) in [5.74, 6) is 0.697. The van der Waals surface area contributed by atoms with Crippen molar-refractivity contribution in [3.63, 3.8) is 0 Å². The molecular formula is C59H40N2. The van der Waals surface area contributed by atoms with Gasteiger partial charge in [-0.1, -0.05) is 218 Å². The molecule has 1 heterocycles. The standard InChI is InChI=1S/C59H40N2/c1-5-17-41(18-6-1)46-22-16-24-49(38-46)57-40-56(43-19-7-2-8-20-43)60-58(61-57)44-33-31-42(32-34-44)45-21-15-23-47(37-45)48-35-36-55-53(39-48)52-29-13-14-30-54(52)59(55,50-25-9-3-10-26-50)51-27-11-4-12-28-51/h1-40H. The molecule has 286 valence electrons. The van der Waals surface area contributed by atoms with Crippen LogP contribution in [0.5, 0.6) is 0 Å². The number of rotatable bonds is 8. The Balaban J connectivity index is 0.954. The largest absolute Gasteiger partial charge is 0.228 e. The van der Waals surface area contributed by atoms with E-state index in [4.69, 9.17) is 9.97 Å². The molecule has 1 aliphatic rings. The molecule has 0 bridgehead atoms. The molecule has 0 unspecified atom stereocenters. The molecule has 0 aliphatic heterocycles. The Bertz CT molecular complexity index is 3120. The average Bonchev–Trinajstić information content (AvgIpc) is 3.65. The number of benzene rings is 9. The van der Waals surface area contributed by atoms with Crippen molar-refractivity contribution in [2.75, 3.05) is 0 Å². The number of fused-ring (bicyclic) bond motifs is 3. The van der Waals surface area contributed by atoms with Crippen LogP contribution in [0.4, 0.5) is 0 Å². The highest BCUT2D eigenvalue weighted by Gasteiger charge is 2.45. The van der Waals surface area contributed by atoms with Gasteiger partial charge in [0.25, 0.3) is 0 Å². The molecule has 0 amide bonds. The van der Waals surface area contributed by atoms with Gasteiger partial charge in [-0.3, -0.25) is 0 Å². The third-order valence-electron chi connectivity index (χ3n) is 12.2. The van der Waals surface area contributed by atoms with Crippen LogP contribution in [0.1, 0.15) is 22.3 Å². The second kappa shape index (κ2) is 15.3. The predicted molar refractivity (Wildman–Crippen MR) is 252 cm³/mol. The van der Waals surface area contributed by atoms with Crippen molar-refractivity contribution in [1.82, 2.24) is 9.97 Å². The van der Waals surface area contributed by atoms with Crippen LogP contribution in [-0.2, 0) is 5.41 Å². The Morgan fingerprint density at radius 3 is 1.30 bits per heavy atom. The highest BCUT2D eigenvalue weighted by Crippen LogP contribution is 2.56. The van der Waals surface area contributed by atoms with Crippen LogP contribution in [0.15, 0.2) is 243 Å². The summed E-state index contributed by atoms with van der Waals surface area (Å²) in [5.41, 5.74) is 19.2. The third-order valence-corrected chi connectivity index (χ3v) is 12.2. The lowest BCUT2D eigenvalue weighted by molar-refractivity contribution is 0.768. The van der Waals surface area contributed by atoms with E-state index in [-0.39, 0.29) is 0 Å². The van der Waals surface area contributed by atoms with Gasteiger partial charge in [-0.2, -0.15) is 0 Å². The Morgan fingerprint density at radius 1 is 0.246 bits per heavy atom.